The van der Waals surface area contributed by atoms with Crippen LogP contribution in [0, 0.1) is 20.2 Å². The largest absolute Gasteiger partial charge is 0.507 e. The maximum absolute atomic E-state index is 11.2. The molecule has 0 spiro atoms. The second kappa shape index (κ2) is 6.66. The van der Waals surface area contributed by atoms with E-state index in [1.165, 1.54) is 6.92 Å². The standard InChI is InChI=1S/C11H9ClN2O7/c1-2-21-11(16)5-10(15)6-3-7(12)9(14(19)20)4-8(6)13(17)18/h3-5,15H,2H2,1H3/b10-5-. The molecule has 112 valence electrons. The topological polar surface area (TPSA) is 133 Å². The summed E-state index contributed by atoms with van der Waals surface area (Å²) in [6.45, 7) is 1.58. The third-order valence-electron chi connectivity index (χ3n) is 2.28. The van der Waals surface area contributed by atoms with Crippen LogP contribution < -0.4 is 0 Å². The molecular weight excluding hydrogens is 308 g/mol. The van der Waals surface area contributed by atoms with Crippen molar-refractivity contribution in [2.45, 2.75) is 6.92 Å². The molecule has 1 aromatic carbocycles. The smallest absolute Gasteiger partial charge is 0.334 e. The van der Waals surface area contributed by atoms with E-state index in [2.05, 4.69) is 4.74 Å². The van der Waals surface area contributed by atoms with Crippen molar-refractivity contribution in [2.24, 2.45) is 0 Å². The van der Waals surface area contributed by atoms with Crippen LogP contribution in [-0.2, 0) is 9.53 Å². The first-order valence-corrected chi connectivity index (χ1v) is 5.85. The number of rotatable bonds is 5. The molecule has 0 atom stereocenters. The van der Waals surface area contributed by atoms with Crippen molar-refractivity contribution in [3.63, 3.8) is 0 Å². The fourth-order valence-corrected chi connectivity index (χ4v) is 1.65. The Labute approximate surface area is 122 Å². The number of aliphatic hydroxyl groups is 1. The zero-order chi connectivity index (χ0) is 16.2. The Bertz CT molecular complexity index is 642. The molecule has 0 aliphatic rings. The Hall–Kier alpha value is -2.68. The van der Waals surface area contributed by atoms with Crippen molar-refractivity contribution in [1.29, 1.82) is 0 Å². The van der Waals surface area contributed by atoms with Crippen molar-refractivity contribution in [1.82, 2.24) is 0 Å². The first-order chi connectivity index (χ1) is 9.77. The van der Waals surface area contributed by atoms with Crippen molar-refractivity contribution in [3.05, 3.63) is 49.0 Å². The van der Waals surface area contributed by atoms with Gasteiger partial charge in [-0.15, -0.1) is 0 Å². The minimum Gasteiger partial charge on any atom is -0.507 e. The third-order valence-corrected chi connectivity index (χ3v) is 2.58. The normalized spacial score (nSPS) is 11.0. The van der Waals surface area contributed by atoms with Crippen LogP contribution in [0.5, 0.6) is 0 Å². The molecule has 0 saturated heterocycles. The molecule has 9 nitrogen and oxygen atoms in total. The average molecular weight is 317 g/mol. The second-order valence-electron chi connectivity index (χ2n) is 3.62. The van der Waals surface area contributed by atoms with E-state index < -0.39 is 43.5 Å². The predicted octanol–water partition coefficient (Wildman–Crippen LogP) is 2.62. The summed E-state index contributed by atoms with van der Waals surface area (Å²) in [5.74, 6) is -1.70. The van der Waals surface area contributed by atoms with Crippen molar-refractivity contribution in [3.8, 4) is 0 Å². The third kappa shape index (κ3) is 3.89. The molecule has 10 heteroatoms. The number of hydrogen-bond acceptors (Lipinski definition) is 7. The van der Waals surface area contributed by atoms with Gasteiger partial charge in [0, 0.05) is 0 Å². The van der Waals surface area contributed by atoms with Crippen molar-refractivity contribution >= 4 is 34.7 Å². The number of nitrogens with zero attached hydrogens (tertiary/aromatic N) is 2. The fourth-order valence-electron chi connectivity index (χ4n) is 1.42. The van der Waals surface area contributed by atoms with Crippen molar-refractivity contribution in [2.75, 3.05) is 6.61 Å². The van der Waals surface area contributed by atoms with Gasteiger partial charge in [0.05, 0.1) is 34.2 Å². The highest BCUT2D eigenvalue weighted by atomic mass is 35.5. The molecule has 0 heterocycles. The molecular formula is C11H9ClN2O7. The first kappa shape index (κ1) is 16.4. The van der Waals surface area contributed by atoms with Gasteiger partial charge in [-0.05, 0) is 13.0 Å². The summed E-state index contributed by atoms with van der Waals surface area (Å²) < 4.78 is 4.54. The Morgan fingerprint density at radius 1 is 1.33 bits per heavy atom. The van der Waals surface area contributed by atoms with E-state index in [4.69, 9.17) is 11.6 Å². The lowest BCUT2D eigenvalue weighted by Gasteiger charge is -2.04. The molecule has 21 heavy (non-hydrogen) atoms. The lowest BCUT2D eigenvalue weighted by atomic mass is 10.1. The summed E-state index contributed by atoms with van der Waals surface area (Å²) in [5, 5.41) is 30.9. The zero-order valence-electron chi connectivity index (χ0n) is 10.6. The molecule has 0 aliphatic carbocycles. The molecule has 0 amide bonds. The maximum atomic E-state index is 11.2. The zero-order valence-corrected chi connectivity index (χ0v) is 11.4. The molecule has 0 unspecified atom stereocenters. The van der Waals surface area contributed by atoms with E-state index in [9.17, 15) is 30.1 Å². The highest BCUT2D eigenvalue weighted by Crippen LogP contribution is 2.35. The molecule has 0 aliphatic heterocycles. The molecule has 0 bridgehead atoms. The van der Waals surface area contributed by atoms with Crippen LogP contribution in [0.3, 0.4) is 0 Å². The van der Waals surface area contributed by atoms with E-state index in [1.807, 2.05) is 0 Å². The number of aliphatic hydroxyl groups excluding tert-OH is 1. The summed E-state index contributed by atoms with van der Waals surface area (Å²) >= 11 is 5.62. The van der Waals surface area contributed by atoms with Crippen LogP contribution in [0.2, 0.25) is 5.02 Å². The minimum atomic E-state index is -0.937. The van der Waals surface area contributed by atoms with Crippen LogP contribution in [0.1, 0.15) is 12.5 Å². The highest BCUT2D eigenvalue weighted by molar-refractivity contribution is 6.33. The van der Waals surface area contributed by atoms with Gasteiger partial charge < -0.3 is 9.84 Å². The Kier molecular flexibility index (Phi) is 5.19. The first-order valence-electron chi connectivity index (χ1n) is 5.48. The van der Waals surface area contributed by atoms with Gasteiger partial charge in [0.15, 0.2) is 0 Å². The predicted molar refractivity (Wildman–Crippen MR) is 72.0 cm³/mol. The molecule has 1 aromatic rings. The number of esters is 1. The monoisotopic (exact) mass is 316 g/mol. The number of carbonyl (C=O) groups excluding carboxylic acids is 1. The number of halogens is 1. The summed E-state index contributed by atoms with van der Waals surface area (Å²) in [5.41, 5.74) is -1.87. The molecule has 0 aromatic heterocycles. The molecule has 1 rings (SSSR count). The summed E-state index contributed by atoms with van der Waals surface area (Å²) in [4.78, 5) is 31.0. The average Bonchev–Trinajstić information content (AvgIpc) is 2.37. The summed E-state index contributed by atoms with van der Waals surface area (Å²) in [6, 6.07) is 1.44. The number of benzene rings is 1. The molecule has 1 N–H and O–H groups in total. The number of ether oxygens (including phenoxy) is 1. The highest BCUT2D eigenvalue weighted by Gasteiger charge is 2.25. The van der Waals surface area contributed by atoms with Gasteiger partial charge in [0.2, 0.25) is 0 Å². The number of nitro benzene ring substituents is 2. The summed E-state index contributed by atoms with van der Waals surface area (Å²) in [6.07, 6.45) is 0.619. The quantitative estimate of drug-likeness (QED) is 0.290. The number of hydrogen-bond donors (Lipinski definition) is 1. The maximum Gasteiger partial charge on any atom is 0.334 e. The minimum absolute atomic E-state index is 0.0473. The van der Waals surface area contributed by atoms with Gasteiger partial charge in [0.25, 0.3) is 11.4 Å². The van der Waals surface area contributed by atoms with Gasteiger partial charge in [0.1, 0.15) is 10.8 Å². The SMILES string of the molecule is CCOC(=O)/C=C(\O)c1cc(Cl)c([N+](=O)[O-])cc1[N+](=O)[O-]. The van der Waals surface area contributed by atoms with E-state index in [0.29, 0.717) is 12.1 Å². The van der Waals surface area contributed by atoms with Gasteiger partial charge in [-0.3, -0.25) is 20.2 Å². The lowest BCUT2D eigenvalue weighted by molar-refractivity contribution is -0.394. The van der Waals surface area contributed by atoms with Crippen LogP contribution in [0.15, 0.2) is 18.2 Å². The van der Waals surface area contributed by atoms with Gasteiger partial charge in [-0.1, -0.05) is 11.6 Å². The van der Waals surface area contributed by atoms with Crippen LogP contribution >= 0.6 is 11.6 Å². The second-order valence-corrected chi connectivity index (χ2v) is 4.02. The van der Waals surface area contributed by atoms with Gasteiger partial charge >= 0.3 is 5.97 Å². The van der Waals surface area contributed by atoms with Crippen LogP contribution in [0.25, 0.3) is 5.76 Å². The Morgan fingerprint density at radius 3 is 2.38 bits per heavy atom. The number of nitro groups is 2. The molecule has 0 radical (unpaired) electrons. The Balaban J connectivity index is 3.41. The van der Waals surface area contributed by atoms with Crippen LogP contribution in [-0.4, -0.2) is 27.5 Å². The molecule has 0 saturated carbocycles. The van der Waals surface area contributed by atoms with E-state index in [0.717, 1.165) is 6.07 Å². The summed E-state index contributed by atoms with van der Waals surface area (Å²) in [7, 11) is 0. The Morgan fingerprint density at radius 2 is 1.90 bits per heavy atom. The van der Waals surface area contributed by atoms with E-state index in [1.54, 1.807) is 0 Å². The lowest BCUT2D eigenvalue weighted by Crippen LogP contribution is -2.03. The van der Waals surface area contributed by atoms with Gasteiger partial charge in [-0.25, -0.2) is 4.79 Å². The van der Waals surface area contributed by atoms with Crippen molar-refractivity contribution < 1.29 is 24.5 Å². The van der Waals surface area contributed by atoms with Crippen LogP contribution in [0.4, 0.5) is 11.4 Å². The fraction of sp³-hybridized carbons (Fsp3) is 0.182. The van der Waals surface area contributed by atoms with E-state index in [-0.39, 0.29) is 6.61 Å². The number of carbonyl (C=O) groups is 1. The van der Waals surface area contributed by atoms with Gasteiger partial charge in [-0.2, -0.15) is 0 Å². The van der Waals surface area contributed by atoms with E-state index >= 15 is 0 Å². The molecule has 0 fully saturated rings.